The third kappa shape index (κ3) is 3.15. The number of carbonyl (C=O) groups excluding carboxylic acids is 1. The molecule has 4 rings (SSSR count). The molecule has 3 heteroatoms. The Bertz CT molecular complexity index is 751. The van der Waals surface area contributed by atoms with E-state index >= 15 is 0 Å². The molecule has 0 atom stereocenters. The van der Waals surface area contributed by atoms with Gasteiger partial charge in [-0.05, 0) is 52.6 Å². The quantitative estimate of drug-likeness (QED) is 0.912. The smallest absolute Gasteiger partial charge is 0.224 e. The summed E-state index contributed by atoms with van der Waals surface area (Å²) < 4.78 is 0. The zero-order valence-corrected chi connectivity index (χ0v) is 13.3. The van der Waals surface area contributed by atoms with Crippen LogP contribution in [0.4, 0.5) is 0 Å². The molecular formula is C20H22N2O. The van der Waals surface area contributed by atoms with Crippen LogP contribution in [0, 0.1) is 0 Å². The summed E-state index contributed by atoms with van der Waals surface area (Å²) >= 11 is 0. The molecule has 1 heterocycles. The molecule has 118 valence electrons. The van der Waals surface area contributed by atoms with E-state index in [1.807, 2.05) is 0 Å². The van der Waals surface area contributed by atoms with Gasteiger partial charge in [0.15, 0.2) is 0 Å². The van der Waals surface area contributed by atoms with Crippen molar-refractivity contribution in [1.29, 1.82) is 0 Å². The molecule has 3 nitrogen and oxygen atoms in total. The molecule has 2 N–H and O–H groups in total. The van der Waals surface area contributed by atoms with E-state index in [1.165, 1.54) is 40.7 Å². The molecule has 2 aliphatic rings. The highest BCUT2D eigenvalue weighted by Crippen LogP contribution is 2.23. The van der Waals surface area contributed by atoms with Crippen LogP contribution in [0.1, 0.15) is 39.8 Å². The zero-order valence-electron chi connectivity index (χ0n) is 13.3. The van der Waals surface area contributed by atoms with Crippen LogP contribution in [-0.4, -0.2) is 5.91 Å². The van der Waals surface area contributed by atoms with Crippen molar-refractivity contribution in [3.05, 3.63) is 69.8 Å². The number of fused-ring (bicyclic) bond motifs is 2. The number of amides is 1. The van der Waals surface area contributed by atoms with Crippen LogP contribution in [0.15, 0.2) is 36.4 Å². The number of aryl methyl sites for hydroxylation is 2. The molecule has 0 unspecified atom stereocenters. The lowest BCUT2D eigenvalue weighted by atomic mass is 10.0. The molecule has 1 amide bonds. The average Bonchev–Trinajstić information content (AvgIpc) is 3.20. The SMILES string of the molecule is O=C(Cc1ccc2c(c1)CCC2)NCc1ccc2c(c1)CNC2. The van der Waals surface area contributed by atoms with E-state index in [-0.39, 0.29) is 5.91 Å². The van der Waals surface area contributed by atoms with Gasteiger partial charge >= 0.3 is 0 Å². The van der Waals surface area contributed by atoms with E-state index in [4.69, 9.17) is 0 Å². The van der Waals surface area contributed by atoms with E-state index in [0.29, 0.717) is 13.0 Å². The maximum absolute atomic E-state index is 12.2. The van der Waals surface area contributed by atoms with Crippen LogP contribution in [0.2, 0.25) is 0 Å². The van der Waals surface area contributed by atoms with E-state index in [1.54, 1.807) is 0 Å². The Morgan fingerprint density at radius 3 is 2.61 bits per heavy atom. The van der Waals surface area contributed by atoms with Crippen molar-refractivity contribution in [2.75, 3.05) is 0 Å². The predicted octanol–water partition coefficient (Wildman–Crippen LogP) is 2.64. The molecule has 0 bridgehead atoms. The third-order valence-corrected chi connectivity index (χ3v) is 4.92. The van der Waals surface area contributed by atoms with Gasteiger partial charge in [-0.15, -0.1) is 0 Å². The number of carbonyl (C=O) groups is 1. The number of benzene rings is 2. The highest BCUT2D eigenvalue weighted by atomic mass is 16.1. The normalized spacial score (nSPS) is 15.3. The van der Waals surface area contributed by atoms with Gasteiger partial charge in [-0.3, -0.25) is 4.79 Å². The molecule has 1 aliphatic carbocycles. The molecular weight excluding hydrogens is 284 g/mol. The topological polar surface area (TPSA) is 41.1 Å². The molecule has 23 heavy (non-hydrogen) atoms. The Morgan fingerprint density at radius 2 is 1.65 bits per heavy atom. The minimum absolute atomic E-state index is 0.0987. The van der Waals surface area contributed by atoms with Gasteiger partial charge in [0.2, 0.25) is 5.91 Å². The van der Waals surface area contributed by atoms with Crippen molar-refractivity contribution in [3.63, 3.8) is 0 Å². The first-order valence-corrected chi connectivity index (χ1v) is 8.47. The molecule has 0 radical (unpaired) electrons. The zero-order chi connectivity index (χ0) is 15.6. The molecule has 0 fully saturated rings. The largest absolute Gasteiger partial charge is 0.352 e. The molecule has 1 aliphatic heterocycles. The van der Waals surface area contributed by atoms with Gasteiger partial charge in [-0.1, -0.05) is 36.4 Å². The number of nitrogens with one attached hydrogen (secondary N) is 2. The summed E-state index contributed by atoms with van der Waals surface area (Å²) in [5.74, 6) is 0.0987. The second-order valence-corrected chi connectivity index (χ2v) is 6.62. The Balaban J connectivity index is 1.35. The predicted molar refractivity (Wildman–Crippen MR) is 91.0 cm³/mol. The third-order valence-electron chi connectivity index (χ3n) is 4.92. The summed E-state index contributed by atoms with van der Waals surface area (Å²) in [5, 5.41) is 6.39. The van der Waals surface area contributed by atoms with E-state index in [9.17, 15) is 4.79 Å². The minimum atomic E-state index is 0.0987. The van der Waals surface area contributed by atoms with E-state index in [0.717, 1.165) is 25.1 Å². The van der Waals surface area contributed by atoms with Gasteiger partial charge in [-0.25, -0.2) is 0 Å². The van der Waals surface area contributed by atoms with Gasteiger partial charge < -0.3 is 10.6 Å². The van der Waals surface area contributed by atoms with Crippen molar-refractivity contribution in [2.24, 2.45) is 0 Å². The maximum Gasteiger partial charge on any atom is 0.224 e. The molecule has 2 aromatic rings. The van der Waals surface area contributed by atoms with E-state index in [2.05, 4.69) is 47.0 Å². The first kappa shape index (κ1) is 14.5. The van der Waals surface area contributed by atoms with Gasteiger partial charge in [0.1, 0.15) is 0 Å². The molecule has 0 aromatic heterocycles. The summed E-state index contributed by atoms with van der Waals surface area (Å²) in [4.78, 5) is 12.2. The summed E-state index contributed by atoms with van der Waals surface area (Å²) in [6.45, 7) is 2.50. The molecule has 2 aromatic carbocycles. The highest BCUT2D eigenvalue weighted by molar-refractivity contribution is 5.78. The lowest BCUT2D eigenvalue weighted by molar-refractivity contribution is -0.120. The van der Waals surface area contributed by atoms with Crippen LogP contribution < -0.4 is 10.6 Å². The van der Waals surface area contributed by atoms with Crippen molar-refractivity contribution in [1.82, 2.24) is 10.6 Å². The Morgan fingerprint density at radius 1 is 0.913 bits per heavy atom. The Kier molecular flexibility index (Phi) is 3.88. The molecule has 0 saturated carbocycles. The second kappa shape index (κ2) is 6.17. The van der Waals surface area contributed by atoms with E-state index < -0.39 is 0 Å². The fourth-order valence-electron chi connectivity index (χ4n) is 3.64. The first-order valence-electron chi connectivity index (χ1n) is 8.47. The average molecular weight is 306 g/mol. The number of hydrogen-bond donors (Lipinski definition) is 2. The van der Waals surface area contributed by atoms with Crippen molar-refractivity contribution < 1.29 is 4.79 Å². The lowest BCUT2D eigenvalue weighted by Crippen LogP contribution is -2.24. The molecule has 0 spiro atoms. The van der Waals surface area contributed by atoms with Crippen LogP contribution in [0.25, 0.3) is 0 Å². The van der Waals surface area contributed by atoms with Gasteiger partial charge in [-0.2, -0.15) is 0 Å². The standard InChI is InChI=1S/C20H22N2O/c23-20(10-14-4-6-16-2-1-3-17(16)8-14)22-11-15-5-7-18-12-21-13-19(18)9-15/h4-9,21H,1-3,10-13H2,(H,22,23). The second-order valence-electron chi connectivity index (χ2n) is 6.62. The van der Waals surface area contributed by atoms with Gasteiger partial charge in [0, 0.05) is 19.6 Å². The summed E-state index contributed by atoms with van der Waals surface area (Å²) in [6.07, 6.45) is 4.07. The van der Waals surface area contributed by atoms with Crippen LogP contribution in [-0.2, 0) is 43.7 Å². The summed E-state index contributed by atoms with van der Waals surface area (Å²) in [7, 11) is 0. The highest BCUT2D eigenvalue weighted by Gasteiger charge is 2.13. The maximum atomic E-state index is 12.2. The minimum Gasteiger partial charge on any atom is -0.352 e. The molecule has 0 saturated heterocycles. The Hall–Kier alpha value is -2.13. The lowest BCUT2D eigenvalue weighted by Gasteiger charge is -2.08. The van der Waals surface area contributed by atoms with Crippen molar-refractivity contribution in [3.8, 4) is 0 Å². The van der Waals surface area contributed by atoms with Crippen LogP contribution >= 0.6 is 0 Å². The fraction of sp³-hybridized carbons (Fsp3) is 0.350. The summed E-state index contributed by atoms with van der Waals surface area (Å²) in [5.41, 5.74) is 7.92. The fourth-order valence-corrected chi connectivity index (χ4v) is 3.64. The monoisotopic (exact) mass is 306 g/mol. The number of hydrogen-bond acceptors (Lipinski definition) is 2. The van der Waals surface area contributed by atoms with Crippen molar-refractivity contribution >= 4 is 5.91 Å². The van der Waals surface area contributed by atoms with Gasteiger partial charge in [0.25, 0.3) is 0 Å². The van der Waals surface area contributed by atoms with Crippen LogP contribution in [0.5, 0.6) is 0 Å². The Labute approximate surface area is 137 Å². The first-order chi connectivity index (χ1) is 11.3. The number of rotatable bonds is 4. The van der Waals surface area contributed by atoms with Crippen molar-refractivity contribution in [2.45, 2.75) is 45.3 Å². The summed E-state index contributed by atoms with van der Waals surface area (Å²) in [6, 6.07) is 13.0. The van der Waals surface area contributed by atoms with Gasteiger partial charge in [0.05, 0.1) is 6.42 Å². The van der Waals surface area contributed by atoms with Crippen LogP contribution in [0.3, 0.4) is 0 Å².